The second-order valence-corrected chi connectivity index (χ2v) is 9.48. The molecule has 2 aromatic heterocycles. The van der Waals surface area contributed by atoms with Crippen LogP contribution in [0.2, 0.25) is 0 Å². The van der Waals surface area contributed by atoms with Crippen molar-refractivity contribution in [3.63, 3.8) is 0 Å². The van der Waals surface area contributed by atoms with Gasteiger partial charge in [0.25, 0.3) is 5.91 Å². The predicted molar refractivity (Wildman–Crippen MR) is 113 cm³/mol. The van der Waals surface area contributed by atoms with Crippen molar-refractivity contribution in [2.75, 3.05) is 0 Å². The smallest absolute Gasteiger partial charge is 0.255 e. The molecule has 0 saturated carbocycles. The van der Waals surface area contributed by atoms with E-state index in [1.54, 1.807) is 17.5 Å². The first-order valence-electron chi connectivity index (χ1n) is 10.0. The van der Waals surface area contributed by atoms with Gasteiger partial charge in [0.05, 0.1) is 11.8 Å². The number of aryl methyl sites for hydroxylation is 1. The maximum Gasteiger partial charge on any atom is 0.255 e. The van der Waals surface area contributed by atoms with Gasteiger partial charge in [-0.1, -0.05) is 31.2 Å². The Morgan fingerprint density at radius 2 is 2.00 bits per heavy atom. The summed E-state index contributed by atoms with van der Waals surface area (Å²) in [5.74, 6) is 0.199. The zero-order valence-corrected chi connectivity index (χ0v) is 17.1. The van der Waals surface area contributed by atoms with Crippen LogP contribution in [0.1, 0.15) is 54.1 Å². The Bertz CT molecular complexity index is 993. The lowest BCUT2D eigenvalue weighted by Crippen LogP contribution is -2.51. The van der Waals surface area contributed by atoms with Gasteiger partial charge in [0, 0.05) is 34.1 Å². The lowest BCUT2D eigenvalue weighted by Gasteiger charge is -2.45. The zero-order chi connectivity index (χ0) is 19.3. The van der Waals surface area contributed by atoms with Crippen molar-refractivity contribution in [1.29, 1.82) is 0 Å². The Morgan fingerprint density at radius 3 is 2.68 bits per heavy atom. The number of benzene rings is 1. The topological polar surface area (TPSA) is 49.0 Å². The van der Waals surface area contributed by atoms with Gasteiger partial charge in [-0.3, -0.25) is 9.89 Å². The van der Waals surface area contributed by atoms with Gasteiger partial charge >= 0.3 is 0 Å². The van der Waals surface area contributed by atoms with Crippen LogP contribution in [-0.4, -0.2) is 33.1 Å². The van der Waals surface area contributed by atoms with E-state index in [2.05, 4.69) is 53.2 Å². The number of carbonyl (C=O) groups is 1. The summed E-state index contributed by atoms with van der Waals surface area (Å²) in [6.45, 7) is 4.60. The molecule has 0 aliphatic carbocycles. The van der Waals surface area contributed by atoms with Gasteiger partial charge in [-0.2, -0.15) is 5.10 Å². The van der Waals surface area contributed by atoms with Crippen molar-refractivity contribution in [3.8, 4) is 10.4 Å². The van der Waals surface area contributed by atoms with E-state index in [1.165, 1.54) is 11.1 Å². The van der Waals surface area contributed by atoms with Gasteiger partial charge in [-0.15, -0.1) is 11.3 Å². The summed E-state index contributed by atoms with van der Waals surface area (Å²) >= 11 is 1.61. The number of nitrogens with one attached hydrogen (secondary N) is 1. The maximum atomic E-state index is 13.4. The Hall–Kier alpha value is -2.40. The van der Waals surface area contributed by atoms with Crippen LogP contribution in [0, 0.1) is 6.92 Å². The highest BCUT2D eigenvalue weighted by Crippen LogP contribution is 2.48. The summed E-state index contributed by atoms with van der Waals surface area (Å²) in [6.07, 6.45) is 8.03. The third-order valence-electron chi connectivity index (χ3n) is 6.65. The summed E-state index contributed by atoms with van der Waals surface area (Å²) in [5, 5.41) is 8.86. The van der Waals surface area contributed by atoms with Gasteiger partial charge in [0.1, 0.15) is 0 Å². The standard InChI is InChI=1S/C23H25N3OS/c1-15-5-3-4-6-20(15)23(2)10-18-7-8-19(11-23)26(18)22(27)16-9-21(28-14-16)17-12-24-25-13-17/h3-6,9,12-14,18-19H,7-8,10-11H2,1-2H3,(H,24,25). The minimum absolute atomic E-state index is 0.157. The van der Waals surface area contributed by atoms with E-state index in [9.17, 15) is 4.79 Å². The molecule has 1 N–H and O–H groups in total. The number of hydrogen-bond acceptors (Lipinski definition) is 3. The lowest BCUT2D eigenvalue weighted by molar-refractivity contribution is 0.0494. The summed E-state index contributed by atoms with van der Waals surface area (Å²) in [4.78, 5) is 16.7. The molecule has 3 aromatic rings. The van der Waals surface area contributed by atoms with Gasteiger partial charge in [0.15, 0.2) is 0 Å². The predicted octanol–water partition coefficient (Wildman–Crippen LogP) is 5.17. The highest BCUT2D eigenvalue weighted by molar-refractivity contribution is 7.13. The molecule has 2 fully saturated rings. The molecule has 2 saturated heterocycles. The van der Waals surface area contributed by atoms with Crippen LogP contribution in [0.4, 0.5) is 0 Å². The third-order valence-corrected chi connectivity index (χ3v) is 7.63. The molecular weight excluding hydrogens is 366 g/mol. The van der Waals surface area contributed by atoms with Crippen LogP contribution in [-0.2, 0) is 5.41 Å². The maximum absolute atomic E-state index is 13.4. The number of amides is 1. The van der Waals surface area contributed by atoms with E-state index in [1.807, 2.05) is 17.6 Å². The Balaban J connectivity index is 1.40. The minimum atomic E-state index is 0.157. The largest absolute Gasteiger partial charge is 0.333 e. The van der Waals surface area contributed by atoms with E-state index in [0.717, 1.165) is 41.7 Å². The first kappa shape index (κ1) is 17.7. The average molecular weight is 392 g/mol. The van der Waals surface area contributed by atoms with Crippen LogP contribution in [0.25, 0.3) is 10.4 Å². The highest BCUT2D eigenvalue weighted by Gasteiger charge is 2.49. The molecule has 28 heavy (non-hydrogen) atoms. The monoisotopic (exact) mass is 391 g/mol. The van der Waals surface area contributed by atoms with Gasteiger partial charge in [0.2, 0.25) is 0 Å². The molecule has 144 valence electrons. The van der Waals surface area contributed by atoms with Crippen molar-refractivity contribution in [3.05, 3.63) is 64.8 Å². The number of aromatic amines is 1. The fourth-order valence-corrected chi connectivity index (χ4v) is 6.29. The number of piperidine rings is 1. The van der Waals surface area contributed by atoms with Crippen LogP contribution in [0.3, 0.4) is 0 Å². The zero-order valence-electron chi connectivity index (χ0n) is 16.3. The summed E-state index contributed by atoms with van der Waals surface area (Å²) in [6, 6.07) is 11.5. The molecule has 2 aliphatic heterocycles. The fourth-order valence-electron chi connectivity index (χ4n) is 5.42. The van der Waals surface area contributed by atoms with E-state index >= 15 is 0 Å². The van der Waals surface area contributed by atoms with Gasteiger partial charge < -0.3 is 4.90 Å². The molecule has 5 heteroatoms. The molecule has 2 atom stereocenters. The third kappa shape index (κ3) is 2.80. The van der Waals surface area contributed by atoms with Gasteiger partial charge in [-0.05, 0) is 55.2 Å². The summed E-state index contributed by atoms with van der Waals surface area (Å²) in [7, 11) is 0. The summed E-state index contributed by atoms with van der Waals surface area (Å²) < 4.78 is 0. The van der Waals surface area contributed by atoms with E-state index in [-0.39, 0.29) is 11.3 Å². The van der Waals surface area contributed by atoms with Crippen molar-refractivity contribution in [1.82, 2.24) is 15.1 Å². The second kappa shape index (κ2) is 6.59. The number of rotatable bonds is 3. The highest BCUT2D eigenvalue weighted by atomic mass is 32.1. The van der Waals surface area contributed by atoms with Crippen molar-refractivity contribution >= 4 is 17.2 Å². The molecule has 5 rings (SSSR count). The molecule has 0 radical (unpaired) electrons. The number of thiophene rings is 1. The normalized spacial score (nSPS) is 26.6. The molecule has 4 heterocycles. The number of aromatic nitrogens is 2. The Kier molecular flexibility index (Phi) is 4.16. The van der Waals surface area contributed by atoms with Crippen LogP contribution >= 0.6 is 11.3 Å². The van der Waals surface area contributed by atoms with Gasteiger partial charge in [-0.25, -0.2) is 0 Å². The SMILES string of the molecule is Cc1ccccc1C1(C)CC2CCC(C1)N2C(=O)c1csc(-c2cn[nH]c2)c1. The second-order valence-electron chi connectivity index (χ2n) is 8.57. The molecule has 1 amide bonds. The van der Waals surface area contributed by atoms with Crippen LogP contribution < -0.4 is 0 Å². The average Bonchev–Trinajstić information content (AvgIpc) is 3.41. The van der Waals surface area contributed by atoms with Crippen molar-refractivity contribution < 1.29 is 4.79 Å². The molecular formula is C23H25N3OS. The quantitative estimate of drug-likeness (QED) is 0.669. The molecule has 2 bridgehead atoms. The van der Waals surface area contributed by atoms with E-state index in [0.29, 0.717) is 12.1 Å². The van der Waals surface area contributed by atoms with Crippen LogP contribution in [0.15, 0.2) is 48.1 Å². The number of carbonyl (C=O) groups excluding carboxylic acids is 1. The van der Waals surface area contributed by atoms with Crippen molar-refractivity contribution in [2.24, 2.45) is 0 Å². The fraction of sp³-hybridized carbons (Fsp3) is 0.391. The molecule has 2 unspecified atom stereocenters. The number of fused-ring (bicyclic) bond motifs is 2. The number of H-pyrrole nitrogens is 1. The van der Waals surface area contributed by atoms with Crippen LogP contribution in [0.5, 0.6) is 0 Å². The van der Waals surface area contributed by atoms with E-state index in [4.69, 9.17) is 0 Å². The van der Waals surface area contributed by atoms with Crippen molar-refractivity contribution in [2.45, 2.75) is 57.0 Å². The first-order valence-corrected chi connectivity index (χ1v) is 10.9. The first-order chi connectivity index (χ1) is 13.5. The lowest BCUT2D eigenvalue weighted by atomic mass is 9.70. The Labute approximate surface area is 169 Å². The number of nitrogens with zero attached hydrogens (tertiary/aromatic N) is 2. The summed E-state index contributed by atoms with van der Waals surface area (Å²) in [5.41, 5.74) is 4.84. The minimum Gasteiger partial charge on any atom is -0.333 e. The Morgan fingerprint density at radius 1 is 1.25 bits per heavy atom. The van der Waals surface area contributed by atoms with E-state index < -0.39 is 0 Å². The molecule has 2 aliphatic rings. The molecule has 1 aromatic carbocycles. The number of hydrogen-bond donors (Lipinski definition) is 1. The molecule has 0 spiro atoms. The molecule has 4 nitrogen and oxygen atoms in total.